The van der Waals surface area contributed by atoms with Crippen LogP contribution in [-0.4, -0.2) is 40.9 Å². The lowest BCUT2D eigenvalue weighted by Gasteiger charge is -2.21. The second-order valence-electron chi connectivity index (χ2n) is 6.95. The van der Waals surface area contributed by atoms with Crippen LogP contribution < -0.4 is 0 Å². The number of aliphatic hydroxyl groups is 2. The number of rotatable bonds is 3. The van der Waals surface area contributed by atoms with E-state index >= 15 is 0 Å². The second-order valence-corrected chi connectivity index (χ2v) is 6.95. The highest BCUT2D eigenvalue weighted by molar-refractivity contribution is 5.17. The lowest BCUT2D eigenvalue weighted by Crippen LogP contribution is -2.28. The monoisotopic (exact) mass is 341 g/mol. The van der Waals surface area contributed by atoms with Gasteiger partial charge in [0.05, 0.1) is 12.2 Å². The SMILES string of the molecule is C.OC1CC2CN(CC(O)c3ccccc3)CC2C1.c1ccccc1. The fourth-order valence-electron chi connectivity index (χ4n) is 3.92. The highest BCUT2D eigenvalue weighted by atomic mass is 16.3. The molecular formula is C22H31NO2. The molecule has 3 unspecified atom stereocenters. The Bertz CT molecular complexity index is 549. The number of nitrogens with zero attached hydrogens (tertiary/aromatic N) is 1. The Balaban J connectivity index is 0.000000275. The van der Waals surface area contributed by atoms with Crippen LogP contribution in [0.5, 0.6) is 0 Å². The van der Waals surface area contributed by atoms with E-state index in [9.17, 15) is 10.2 Å². The molecule has 0 aromatic heterocycles. The standard InChI is InChI=1S/C15H21NO2.C6H6.CH4/c17-14-6-12-8-16(9-13(12)7-14)10-15(18)11-4-2-1-3-5-11;1-2-4-6-5-3-1;/h1-5,12-15,17-18H,6-10H2;1-6H;1H4. The molecule has 0 spiro atoms. The van der Waals surface area contributed by atoms with Gasteiger partial charge in [0.1, 0.15) is 0 Å². The van der Waals surface area contributed by atoms with Crippen molar-refractivity contribution in [3.05, 3.63) is 72.3 Å². The molecular weight excluding hydrogens is 310 g/mol. The molecule has 2 fully saturated rings. The Morgan fingerprint density at radius 2 is 1.28 bits per heavy atom. The van der Waals surface area contributed by atoms with Crippen LogP contribution in [0.1, 0.15) is 31.9 Å². The van der Waals surface area contributed by atoms with Gasteiger partial charge in [-0.05, 0) is 30.2 Å². The summed E-state index contributed by atoms with van der Waals surface area (Å²) in [5.41, 5.74) is 0.995. The van der Waals surface area contributed by atoms with Crippen LogP contribution in [0.15, 0.2) is 66.7 Å². The van der Waals surface area contributed by atoms with Crippen LogP contribution in [0.4, 0.5) is 0 Å². The van der Waals surface area contributed by atoms with E-state index in [0.717, 1.165) is 31.5 Å². The lowest BCUT2D eigenvalue weighted by molar-refractivity contribution is 0.113. The zero-order chi connectivity index (χ0) is 16.8. The van der Waals surface area contributed by atoms with Crippen molar-refractivity contribution in [2.75, 3.05) is 19.6 Å². The third kappa shape index (κ3) is 5.67. The van der Waals surface area contributed by atoms with Gasteiger partial charge < -0.3 is 10.2 Å². The van der Waals surface area contributed by atoms with Gasteiger partial charge in [-0.15, -0.1) is 0 Å². The molecule has 2 N–H and O–H groups in total. The number of benzene rings is 2. The summed E-state index contributed by atoms with van der Waals surface area (Å²) < 4.78 is 0. The normalized spacial score (nSPS) is 26.1. The number of hydrogen-bond donors (Lipinski definition) is 2. The lowest BCUT2D eigenvalue weighted by atomic mass is 10.0. The Morgan fingerprint density at radius 1 is 0.840 bits per heavy atom. The average Bonchev–Trinajstić information content (AvgIpc) is 3.14. The Kier molecular flexibility index (Phi) is 7.63. The Morgan fingerprint density at radius 3 is 1.76 bits per heavy atom. The number of aliphatic hydroxyl groups excluding tert-OH is 2. The molecule has 2 aromatic rings. The Hall–Kier alpha value is -1.68. The third-order valence-corrected chi connectivity index (χ3v) is 5.08. The van der Waals surface area contributed by atoms with Crippen molar-refractivity contribution in [1.29, 1.82) is 0 Å². The summed E-state index contributed by atoms with van der Waals surface area (Å²) in [6.07, 6.45) is 1.42. The van der Waals surface area contributed by atoms with Crippen LogP contribution in [0.2, 0.25) is 0 Å². The van der Waals surface area contributed by atoms with Gasteiger partial charge in [0.25, 0.3) is 0 Å². The number of fused-ring (bicyclic) bond motifs is 1. The first-order valence-electron chi connectivity index (χ1n) is 8.86. The van der Waals surface area contributed by atoms with Crippen molar-refractivity contribution >= 4 is 0 Å². The topological polar surface area (TPSA) is 43.7 Å². The maximum atomic E-state index is 10.2. The molecule has 2 aromatic carbocycles. The molecule has 1 aliphatic carbocycles. The quantitative estimate of drug-likeness (QED) is 0.894. The van der Waals surface area contributed by atoms with Gasteiger partial charge in [-0.3, -0.25) is 4.90 Å². The minimum Gasteiger partial charge on any atom is -0.393 e. The van der Waals surface area contributed by atoms with Crippen molar-refractivity contribution < 1.29 is 10.2 Å². The molecule has 1 aliphatic heterocycles. The zero-order valence-electron chi connectivity index (χ0n) is 14.0. The molecule has 136 valence electrons. The van der Waals surface area contributed by atoms with Gasteiger partial charge in [-0.2, -0.15) is 0 Å². The summed E-state index contributed by atoms with van der Waals surface area (Å²) in [7, 11) is 0. The van der Waals surface area contributed by atoms with Gasteiger partial charge in [0.15, 0.2) is 0 Å². The van der Waals surface area contributed by atoms with Crippen molar-refractivity contribution in [3.63, 3.8) is 0 Å². The first kappa shape index (κ1) is 19.6. The van der Waals surface area contributed by atoms with Crippen molar-refractivity contribution in [2.45, 2.75) is 32.5 Å². The molecule has 2 aliphatic rings. The summed E-state index contributed by atoms with van der Waals surface area (Å²) >= 11 is 0. The predicted molar refractivity (Wildman–Crippen MR) is 103 cm³/mol. The van der Waals surface area contributed by atoms with E-state index in [2.05, 4.69) is 4.90 Å². The van der Waals surface area contributed by atoms with E-state index < -0.39 is 6.10 Å². The second kappa shape index (κ2) is 9.71. The number of β-amino-alcohol motifs (C(OH)–C–C–N with tert-alkyl or cyclic N) is 1. The first-order valence-corrected chi connectivity index (χ1v) is 8.86. The maximum absolute atomic E-state index is 10.2. The molecule has 1 saturated carbocycles. The highest BCUT2D eigenvalue weighted by Crippen LogP contribution is 2.38. The van der Waals surface area contributed by atoms with E-state index in [4.69, 9.17) is 0 Å². The average molecular weight is 341 g/mol. The largest absolute Gasteiger partial charge is 0.393 e. The molecule has 4 rings (SSSR count). The highest BCUT2D eigenvalue weighted by Gasteiger charge is 2.40. The summed E-state index contributed by atoms with van der Waals surface area (Å²) in [6, 6.07) is 21.9. The molecule has 0 bridgehead atoms. The number of likely N-dealkylation sites (tertiary alicyclic amines) is 1. The van der Waals surface area contributed by atoms with Crippen LogP contribution in [0.25, 0.3) is 0 Å². The van der Waals surface area contributed by atoms with E-state index in [1.807, 2.05) is 66.7 Å². The maximum Gasteiger partial charge on any atom is 0.0916 e. The van der Waals surface area contributed by atoms with Crippen LogP contribution in [0, 0.1) is 11.8 Å². The van der Waals surface area contributed by atoms with Gasteiger partial charge >= 0.3 is 0 Å². The predicted octanol–water partition coefficient (Wildman–Crippen LogP) is 3.75. The van der Waals surface area contributed by atoms with Crippen LogP contribution >= 0.6 is 0 Å². The van der Waals surface area contributed by atoms with E-state index in [0.29, 0.717) is 18.4 Å². The van der Waals surface area contributed by atoms with E-state index in [1.54, 1.807) is 0 Å². The van der Waals surface area contributed by atoms with Crippen LogP contribution in [-0.2, 0) is 0 Å². The fraction of sp³-hybridized carbons (Fsp3) is 0.455. The molecule has 3 atom stereocenters. The molecule has 0 radical (unpaired) electrons. The number of hydrogen-bond acceptors (Lipinski definition) is 3. The minimum atomic E-state index is -0.394. The summed E-state index contributed by atoms with van der Waals surface area (Å²) in [5.74, 6) is 1.28. The molecule has 1 heterocycles. The van der Waals surface area contributed by atoms with Crippen molar-refractivity contribution in [3.8, 4) is 0 Å². The van der Waals surface area contributed by atoms with Gasteiger partial charge in [0, 0.05) is 19.6 Å². The molecule has 1 saturated heterocycles. The fourth-order valence-corrected chi connectivity index (χ4v) is 3.92. The summed E-state index contributed by atoms with van der Waals surface area (Å²) in [4.78, 5) is 2.35. The Labute approximate surface area is 151 Å². The van der Waals surface area contributed by atoms with Crippen molar-refractivity contribution in [1.82, 2.24) is 4.90 Å². The van der Waals surface area contributed by atoms with Crippen LogP contribution in [0.3, 0.4) is 0 Å². The van der Waals surface area contributed by atoms with Crippen molar-refractivity contribution in [2.24, 2.45) is 11.8 Å². The van der Waals surface area contributed by atoms with Gasteiger partial charge in [-0.1, -0.05) is 74.2 Å². The summed E-state index contributed by atoms with van der Waals surface area (Å²) in [6.45, 7) is 2.78. The van der Waals surface area contributed by atoms with E-state index in [-0.39, 0.29) is 13.5 Å². The van der Waals surface area contributed by atoms with Gasteiger partial charge in [0.2, 0.25) is 0 Å². The zero-order valence-corrected chi connectivity index (χ0v) is 14.0. The molecule has 3 heteroatoms. The minimum absolute atomic E-state index is 0. The molecule has 3 nitrogen and oxygen atoms in total. The smallest absolute Gasteiger partial charge is 0.0916 e. The summed E-state index contributed by atoms with van der Waals surface area (Å²) in [5, 5.41) is 19.8. The van der Waals surface area contributed by atoms with Gasteiger partial charge in [-0.25, -0.2) is 0 Å². The molecule has 0 amide bonds. The first-order chi connectivity index (χ1) is 11.7. The third-order valence-electron chi connectivity index (χ3n) is 5.08. The van der Waals surface area contributed by atoms with E-state index in [1.165, 1.54) is 0 Å². The molecule has 25 heavy (non-hydrogen) atoms.